The maximum absolute atomic E-state index is 12.1. The SMILES string of the molecule is CCNCc1ccc(S(=O)(=O)NCCC2CCCO2)s1. The van der Waals surface area contributed by atoms with E-state index in [1.807, 2.05) is 13.0 Å². The van der Waals surface area contributed by atoms with Gasteiger partial charge < -0.3 is 10.1 Å². The van der Waals surface area contributed by atoms with Gasteiger partial charge in [0.05, 0.1) is 6.10 Å². The van der Waals surface area contributed by atoms with Gasteiger partial charge in [0.1, 0.15) is 4.21 Å². The summed E-state index contributed by atoms with van der Waals surface area (Å²) in [7, 11) is -3.37. The monoisotopic (exact) mass is 318 g/mol. The molecule has 5 nitrogen and oxygen atoms in total. The van der Waals surface area contributed by atoms with E-state index >= 15 is 0 Å². The van der Waals surface area contributed by atoms with Crippen molar-refractivity contribution in [1.82, 2.24) is 10.0 Å². The maximum atomic E-state index is 12.1. The summed E-state index contributed by atoms with van der Waals surface area (Å²) in [5.41, 5.74) is 0. The number of hydrogen-bond acceptors (Lipinski definition) is 5. The third-order valence-corrected chi connectivity index (χ3v) is 6.27. The van der Waals surface area contributed by atoms with Crippen molar-refractivity contribution in [3.8, 4) is 0 Å². The Morgan fingerprint density at radius 1 is 1.45 bits per heavy atom. The van der Waals surface area contributed by atoms with Crippen LogP contribution in [0.4, 0.5) is 0 Å². The predicted molar refractivity (Wildman–Crippen MR) is 80.5 cm³/mol. The molecule has 1 aromatic rings. The lowest BCUT2D eigenvalue weighted by Crippen LogP contribution is -2.26. The molecule has 1 saturated heterocycles. The Labute approximate surface area is 124 Å². The molecule has 1 aliphatic heterocycles. The zero-order chi connectivity index (χ0) is 14.4. The van der Waals surface area contributed by atoms with Gasteiger partial charge in [-0.05, 0) is 37.9 Å². The Morgan fingerprint density at radius 2 is 2.30 bits per heavy atom. The summed E-state index contributed by atoms with van der Waals surface area (Å²) in [6.45, 7) is 4.85. The molecular weight excluding hydrogens is 296 g/mol. The summed E-state index contributed by atoms with van der Waals surface area (Å²) >= 11 is 1.32. The summed E-state index contributed by atoms with van der Waals surface area (Å²) in [6, 6.07) is 3.54. The third-order valence-electron chi connectivity index (χ3n) is 3.23. The smallest absolute Gasteiger partial charge is 0.250 e. The van der Waals surface area contributed by atoms with Crippen LogP contribution >= 0.6 is 11.3 Å². The van der Waals surface area contributed by atoms with Crippen molar-refractivity contribution in [2.24, 2.45) is 0 Å². The van der Waals surface area contributed by atoms with Crippen LogP contribution in [0.25, 0.3) is 0 Å². The van der Waals surface area contributed by atoms with Crippen LogP contribution in [0.3, 0.4) is 0 Å². The molecule has 0 spiro atoms. The molecule has 0 aliphatic carbocycles. The van der Waals surface area contributed by atoms with Gasteiger partial charge in [0.25, 0.3) is 0 Å². The van der Waals surface area contributed by atoms with E-state index in [1.54, 1.807) is 6.07 Å². The van der Waals surface area contributed by atoms with Crippen LogP contribution in [0.2, 0.25) is 0 Å². The molecule has 0 saturated carbocycles. The number of rotatable bonds is 8. The molecule has 0 aromatic carbocycles. The van der Waals surface area contributed by atoms with Gasteiger partial charge in [-0.3, -0.25) is 0 Å². The van der Waals surface area contributed by atoms with E-state index in [1.165, 1.54) is 11.3 Å². The van der Waals surface area contributed by atoms with Gasteiger partial charge in [-0.1, -0.05) is 6.92 Å². The number of thiophene rings is 1. The molecule has 2 N–H and O–H groups in total. The molecule has 0 bridgehead atoms. The molecule has 7 heteroatoms. The number of ether oxygens (including phenoxy) is 1. The Balaban J connectivity index is 1.83. The van der Waals surface area contributed by atoms with Crippen LogP contribution in [-0.2, 0) is 21.3 Å². The summed E-state index contributed by atoms with van der Waals surface area (Å²) in [5.74, 6) is 0. The zero-order valence-electron chi connectivity index (χ0n) is 11.7. The fourth-order valence-electron chi connectivity index (χ4n) is 2.14. The summed E-state index contributed by atoms with van der Waals surface area (Å²) in [4.78, 5) is 1.03. The molecule has 1 aromatic heterocycles. The van der Waals surface area contributed by atoms with Crippen LogP contribution in [-0.4, -0.2) is 34.2 Å². The minimum Gasteiger partial charge on any atom is -0.378 e. The molecule has 1 fully saturated rings. The quantitative estimate of drug-likeness (QED) is 0.766. The van der Waals surface area contributed by atoms with Gasteiger partial charge in [-0.2, -0.15) is 0 Å². The number of nitrogens with one attached hydrogen (secondary N) is 2. The van der Waals surface area contributed by atoms with E-state index < -0.39 is 10.0 Å². The number of hydrogen-bond donors (Lipinski definition) is 2. The Kier molecular flexibility index (Phi) is 5.98. The topological polar surface area (TPSA) is 67.4 Å². The van der Waals surface area contributed by atoms with E-state index in [4.69, 9.17) is 4.74 Å². The molecule has 1 atom stereocenters. The summed E-state index contributed by atoms with van der Waals surface area (Å²) < 4.78 is 32.8. The zero-order valence-corrected chi connectivity index (χ0v) is 13.4. The maximum Gasteiger partial charge on any atom is 0.250 e. The van der Waals surface area contributed by atoms with E-state index in [2.05, 4.69) is 10.0 Å². The highest BCUT2D eigenvalue weighted by molar-refractivity contribution is 7.91. The van der Waals surface area contributed by atoms with Crippen molar-refractivity contribution in [3.05, 3.63) is 17.0 Å². The Morgan fingerprint density at radius 3 is 3.00 bits per heavy atom. The van der Waals surface area contributed by atoms with Gasteiger partial charge in [-0.25, -0.2) is 13.1 Å². The molecule has 2 rings (SSSR count). The molecule has 114 valence electrons. The Hall–Kier alpha value is -0.470. The van der Waals surface area contributed by atoms with E-state index in [0.717, 1.165) is 37.3 Å². The van der Waals surface area contributed by atoms with Crippen molar-refractivity contribution in [1.29, 1.82) is 0 Å². The summed E-state index contributed by atoms with van der Waals surface area (Å²) in [6.07, 6.45) is 3.07. The first-order chi connectivity index (χ1) is 9.62. The fourth-order valence-corrected chi connectivity index (χ4v) is 4.56. The van der Waals surface area contributed by atoms with Crippen molar-refractivity contribution >= 4 is 21.4 Å². The second-order valence-corrected chi connectivity index (χ2v) is 7.98. The van der Waals surface area contributed by atoms with E-state index in [9.17, 15) is 8.42 Å². The van der Waals surface area contributed by atoms with Crippen molar-refractivity contribution in [2.45, 2.75) is 43.0 Å². The average molecular weight is 318 g/mol. The van der Waals surface area contributed by atoms with E-state index in [0.29, 0.717) is 17.3 Å². The van der Waals surface area contributed by atoms with Gasteiger partial charge in [0.2, 0.25) is 10.0 Å². The first kappa shape index (κ1) is 15.9. The molecule has 2 heterocycles. The second-order valence-electron chi connectivity index (χ2n) is 4.82. The Bertz CT molecular complexity index is 507. The lowest BCUT2D eigenvalue weighted by molar-refractivity contribution is 0.105. The van der Waals surface area contributed by atoms with Crippen LogP contribution in [0.5, 0.6) is 0 Å². The van der Waals surface area contributed by atoms with Gasteiger partial charge in [0, 0.05) is 24.6 Å². The first-order valence-corrected chi connectivity index (χ1v) is 9.32. The van der Waals surface area contributed by atoms with Crippen LogP contribution in [0.15, 0.2) is 16.3 Å². The van der Waals surface area contributed by atoms with Crippen molar-refractivity contribution < 1.29 is 13.2 Å². The molecular formula is C13H22N2O3S2. The van der Waals surface area contributed by atoms with Gasteiger partial charge >= 0.3 is 0 Å². The molecule has 0 amide bonds. The standard InChI is InChI=1S/C13H22N2O3S2/c1-2-14-10-12-5-6-13(19-12)20(16,17)15-8-7-11-4-3-9-18-11/h5-6,11,14-15H,2-4,7-10H2,1H3. The normalized spacial score (nSPS) is 19.6. The van der Waals surface area contributed by atoms with Gasteiger partial charge in [0.15, 0.2) is 0 Å². The average Bonchev–Trinajstić information content (AvgIpc) is 3.07. The molecule has 20 heavy (non-hydrogen) atoms. The molecule has 0 radical (unpaired) electrons. The fraction of sp³-hybridized carbons (Fsp3) is 0.692. The second kappa shape index (κ2) is 7.51. The van der Waals surface area contributed by atoms with Crippen molar-refractivity contribution in [2.75, 3.05) is 19.7 Å². The largest absolute Gasteiger partial charge is 0.378 e. The van der Waals surface area contributed by atoms with Crippen LogP contribution in [0.1, 0.15) is 31.1 Å². The van der Waals surface area contributed by atoms with Crippen molar-refractivity contribution in [3.63, 3.8) is 0 Å². The number of sulfonamides is 1. The molecule has 1 aliphatic rings. The predicted octanol–water partition coefficient (Wildman–Crippen LogP) is 1.70. The van der Waals surface area contributed by atoms with Crippen LogP contribution < -0.4 is 10.0 Å². The minimum atomic E-state index is -3.37. The van der Waals surface area contributed by atoms with E-state index in [-0.39, 0.29) is 6.10 Å². The first-order valence-electron chi connectivity index (χ1n) is 7.02. The van der Waals surface area contributed by atoms with Crippen LogP contribution in [0, 0.1) is 0 Å². The lowest BCUT2D eigenvalue weighted by Gasteiger charge is -2.09. The highest BCUT2D eigenvalue weighted by Crippen LogP contribution is 2.21. The minimum absolute atomic E-state index is 0.213. The highest BCUT2D eigenvalue weighted by atomic mass is 32.2. The highest BCUT2D eigenvalue weighted by Gasteiger charge is 2.19. The third kappa shape index (κ3) is 4.53. The molecule has 1 unspecified atom stereocenters. The lowest BCUT2D eigenvalue weighted by atomic mass is 10.2. The summed E-state index contributed by atoms with van der Waals surface area (Å²) in [5, 5.41) is 3.19. The van der Waals surface area contributed by atoms with Gasteiger partial charge in [-0.15, -0.1) is 11.3 Å².